The molecule has 10 heteroatoms. The highest BCUT2D eigenvalue weighted by atomic mass is 32.2. The second-order valence-electron chi connectivity index (χ2n) is 10.3. The van der Waals surface area contributed by atoms with Crippen LogP contribution in [0.2, 0.25) is 0 Å². The van der Waals surface area contributed by atoms with E-state index in [2.05, 4.69) is 10.6 Å². The van der Waals surface area contributed by atoms with E-state index in [0.29, 0.717) is 38.6 Å². The number of carbonyl (C=O) groups is 3. The molecule has 3 amide bonds. The number of aliphatic carboxylic acids is 1. The molecule has 0 bridgehead atoms. The molecule has 9 nitrogen and oxygen atoms in total. The zero-order chi connectivity index (χ0) is 23.0. The lowest BCUT2D eigenvalue weighted by molar-refractivity contribution is -0.150. The summed E-state index contributed by atoms with van der Waals surface area (Å²) >= 11 is 0. The van der Waals surface area contributed by atoms with Gasteiger partial charge >= 0.3 is 12.0 Å². The topological polar surface area (TPSA) is 133 Å². The number of carboxylic acids is 1. The molecule has 3 atom stereocenters. The molecule has 1 unspecified atom stereocenters. The van der Waals surface area contributed by atoms with E-state index in [9.17, 15) is 27.9 Å². The molecule has 2 saturated heterocycles. The summed E-state index contributed by atoms with van der Waals surface area (Å²) in [7, 11) is -3.21. The molecule has 1 saturated carbocycles. The Kier molecular flexibility index (Phi) is 6.60. The number of carbonyl (C=O) groups excluding carboxylic acids is 2. The molecule has 2 aliphatic heterocycles. The van der Waals surface area contributed by atoms with Gasteiger partial charge in [-0.1, -0.05) is 40.0 Å². The van der Waals surface area contributed by atoms with Crippen LogP contribution in [0.25, 0.3) is 0 Å². The lowest BCUT2D eigenvalue weighted by Crippen LogP contribution is -2.67. The Morgan fingerprint density at radius 2 is 1.71 bits per heavy atom. The number of carboxylic acid groups (broad SMARTS) is 1. The first-order valence-corrected chi connectivity index (χ1v) is 12.9. The van der Waals surface area contributed by atoms with Gasteiger partial charge in [0, 0.05) is 6.54 Å². The summed E-state index contributed by atoms with van der Waals surface area (Å²) in [6.07, 6.45) is 5.45. The van der Waals surface area contributed by atoms with Gasteiger partial charge in [0.05, 0.1) is 16.5 Å². The van der Waals surface area contributed by atoms with Crippen LogP contribution in [0.5, 0.6) is 0 Å². The fraction of sp³-hybridized carbons (Fsp3) is 0.857. The van der Waals surface area contributed by atoms with Crippen LogP contribution in [0.4, 0.5) is 4.79 Å². The fourth-order valence-corrected chi connectivity index (χ4v) is 7.09. The van der Waals surface area contributed by atoms with Gasteiger partial charge < -0.3 is 20.6 Å². The van der Waals surface area contributed by atoms with Crippen LogP contribution in [0.15, 0.2) is 0 Å². The van der Waals surface area contributed by atoms with Gasteiger partial charge in [-0.3, -0.25) is 4.79 Å². The number of rotatable bonds is 5. The maximum atomic E-state index is 13.2. The van der Waals surface area contributed by atoms with Crippen molar-refractivity contribution in [1.29, 1.82) is 0 Å². The van der Waals surface area contributed by atoms with Crippen molar-refractivity contribution in [3.05, 3.63) is 0 Å². The van der Waals surface area contributed by atoms with Crippen LogP contribution >= 0.6 is 0 Å². The average Bonchev–Trinajstić information content (AvgIpc) is 3.14. The van der Waals surface area contributed by atoms with Crippen molar-refractivity contribution < 1.29 is 27.9 Å². The highest BCUT2D eigenvalue weighted by Crippen LogP contribution is 2.40. The van der Waals surface area contributed by atoms with Gasteiger partial charge in [-0.15, -0.1) is 0 Å². The third-order valence-corrected chi connectivity index (χ3v) is 9.39. The molecule has 3 aliphatic rings. The van der Waals surface area contributed by atoms with Gasteiger partial charge in [0.25, 0.3) is 0 Å². The normalized spacial score (nSPS) is 28.3. The zero-order valence-corrected chi connectivity index (χ0v) is 19.5. The zero-order valence-electron chi connectivity index (χ0n) is 18.6. The van der Waals surface area contributed by atoms with Gasteiger partial charge in [0.15, 0.2) is 9.84 Å². The minimum atomic E-state index is -3.21. The van der Waals surface area contributed by atoms with Crippen molar-refractivity contribution in [3.8, 4) is 0 Å². The Hall–Kier alpha value is -1.84. The smallest absolute Gasteiger partial charge is 0.326 e. The van der Waals surface area contributed by atoms with Crippen LogP contribution < -0.4 is 10.6 Å². The Morgan fingerprint density at radius 1 is 1.06 bits per heavy atom. The van der Waals surface area contributed by atoms with Gasteiger partial charge in [0.1, 0.15) is 12.1 Å². The summed E-state index contributed by atoms with van der Waals surface area (Å²) in [5, 5.41) is 14.6. The summed E-state index contributed by atoms with van der Waals surface area (Å²) in [5.74, 6) is -1.31. The molecular weight excluding hydrogens is 422 g/mol. The van der Waals surface area contributed by atoms with E-state index in [1.807, 2.05) is 20.8 Å². The van der Waals surface area contributed by atoms with Crippen molar-refractivity contribution in [2.45, 2.75) is 95.0 Å². The van der Waals surface area contributed by atoms with Crippen molar-refractivity contribution in [1.82, 2.24) is 15.5 Å². The van der Waals surface area contributed by atoms with Crippen LogP contribution in [-0.2, 0) is 19.4 Å². The lowest BCUT2D eigenvalue weighted by atomic mass is 9.78. The first kappa shape index (κ1) is 23.8. The molecule has 176 valence electrons. The molecule has 31 heavy (non-hydrogen) atoms. The lowest BCUT2D eigenvalue weighted by Gasteiger charge is -2.47. The highest BCUT2D eigenvalue weighted by Gasteiger charge is 2.53. The number of likely N-dealkylation sites (tertiary alicyclic amines) is 1. The number of nitrogens with zero attached hydrogens (tertiary/aromatic N) is 1. The summed E-state index contributed by atoms with van der Waals surface area (Å²) in [6.45, 7) is 5.79. The molecule has 0 spiro atoms. The van der Waals surface area contributed by atoms with E-state index in [4.69, 9.17) is 0 Å². The Labute approximate surface area is 184 Å². The predicted octanol–water partition coefficient (Wildman–Crippen LogP) is 1.67. The van der Waals surface area contributed by atoms with Crippen molar-refractivity contribution >= 4 is 27.7 Å². The molecule has 3 N–H and O–H groups in total. The van der Waals surface area contributed by atoms with Gasteiger partial charge in [-0.25, -0.2) is 18.0 Å². The molecule has 0 aromatic rings. The third-order valence-electron chi connectivity index (χ3n) is 7.03. The fourth-order valence-electron chi connectivity index (χ4n) is 5.25. The van der Waals surface area contributed by atoms with E-state index in [0.717, 1.165) is 19.3 Å². The van der Waals surface area contributed by atoms with Crippen LogP contribution in [0, 0.1) is 5.41 Å². The van der Waals surface area contributed by atoms with Crippen molar-refractivity contribution in [3.63, 3.8) is 0 Å². The van der Waals surface area contributed by atoms with E-state index in [1.165, 1.54) is 4.90 Å². The molecule has 0 radical (unpaired) electrons. The van der Waals surface area contributed by atoms with E-state index in [-0.39, 0.29) is 5.75 Å². The summed E-state index contributed by atoms with van der Waals surface area (Å²) in [5.41, 5.74) is -1.45. The van der Waals surface area contributed by atoms with Crippen LogP contribution in [0.1, 0.15) is 72.1 Å². The highest BCUT2D eigenvalue weighted by molar-refractivity contribution is 7.93. The second kappa shape index (κ2) is 8.60. The average molecular weight is 458 g/mol. The molecule has 3 fully saturated rings. The van der Waals surface area contributed by atoms with E-state index in [1.54, 1.807) is 0 Å². The van der Waals surface area contributed by atoms with Gasteiger partial charge in [-0.2, -0.15) is 0 Å². The third kappa shape index (κ3) is 4.83. The quantitative estimate of drug-likeness (QED) is 0.575. The molecule has 0 aromatic carbocycles. The Bertz CT molecular complexity index is 829. The van der Waals surface area contributed by atoms with Crippen molar-refractivity contribution in [2.24, 2.45) is 5.41 Å². The molecule has 1 aliphatic carbocycles. The molecule has 0 aromatic heterocycles. The SMILES string of the molecule is CC(C)(C)[C@H](NC(=O)NC1(C2CCS2(=O)=O)CCCCC1)C(=O)N1CCC[C@H]1C(=O)O. The summed E-state index contributed by atoms with van der Waals surface area (Å²) < 4.78 is 24.8. The first-order chi connectivity index (χ1) is 14.4. The van der Waals surface area contributed by atoms with Gasteiger partial charge in [-0.05, 0) is 37.5 Å². The minimum Gasteiger partial charge on any atom is -0.480 e. The number of hydrogen-bond acceptors (Lipinski definition) is 5. The maximum Gasteiger partial charge on any atom is 0.326 e. The van der Waals surface area contributed by atoms with Crippen LogP contribution in [-0.4, -0.2) is 71.5 Å². The largest absolute Gasteiger partial charge is 0.480 e. The minimum absolute atomic E-state index is 0.150. The summed E-state index contributed by atoms with van der Waals surface area (Å²) in [6, 6.07) is -2.37. The van der Waals surface area contributed by atoms with E-state index >= 15 is 0 Å². The number of amides is 3. The molecule has 3 rings (SSSR count). The first-order valence-electron chi connectivity index (χ1n) is 11.2. The van der Waals surface area contributed by atoms with Crippen LogP contribution in [0.3, 0.4) is 0 Å². The maximum absolute atomic E-state index is 13.2. The molecule has 2 heterocycles. The van der Waals surface area contributed by atoms with E-state index < -0.39 is 56.0 Å². The van der Waals surface area contributed by atoms with Crippen molar-refractivity contribution in [2.75, 3.05) is 12.3 Å². The predicted molar refractivity (Wildman–Crippen MR) is 115 cm³/mol. The number of urea groups is 1. The Morgan fingerprint density at radius 3 is 2.19 bits per heavy atom. The monoisotopic (exact) mass is 457 g/mol. The second-order valence-corrected chi connectivity index (χ2v) is 12.6. The van der Waals surface area contributed by atoms with Gasteiger partial charge in [0.2, 0.25) is 5.91 Å². The number of nitrogens with one attached hydrogen (secondary N) is 2. The number of hydrogen-bond donors (Lipinski definition) is 3. The Balaban J connectivity index is 1.77. The number of sulfone groups is 1. The molecular formula is C21H35N3O6S. The summed E-state index contributed by atoms with van der Waals surface area (Å²) in [4.78, 5) is 39.2. The standard InChI is InChI=1S/C21H35N3O6S/c1-20(2,3)16(17(25)24-12-7-8-14(24)18(26)27)22-19(28)23-21(10-5-4-6-11-21)15-9-13-31(15,29)30/h14-16H,4-13H2,1-3H3,(H,26,27)(H2,22,23,28)/t14-,15?,16+/m0/s1.